The van der Waals surface area contributed by atoms with Gasteiger partial charge in [0.1, 0.15) is 0 Å². The van der Waals surface area contributed by atoms with Crippen molar-refractivity contribution >= 4 is 5.91 Å². The van der Waals surface area contributed by atoms with Gasteiger partial charge in [0.25, 0.3) is 0 Å². The fourth-order valence-electron chi connectivity index (χ4n) is 4.22. The maximum atomic E-state index is 13.1. The average molecular weight is 270 g/mol. The molecule has 3 unspecified atom stereocenters. The third-order valence-electron chi connectivity index (χ3n) is 5.68. The second-order valence-corrected chi connectivity index (χ2v) is 6.73. The van der Waals surface area contributed by atoms with Crippen molar-refractivity contribution in [3.8, 4) is 0 Å². The zero-order chi connectivity index (χ0) is 13.7. The Morgan fingerprint density at radius 2 is 2.00 bits per heavy atom. The minimum Gasteiger partial charge on any atom is -0.339 e. The van der Waals surface area contributed by atoms with Crippen LogP contribution in [0.25, 0.3) is 0 Å². The highest BCUT2D eigenvalue weighted by Gasteiger charge is 2.56. The van der Waals surface area contributed by atoms with Crippen molar-refractivity contribution in [2.45, 2.75) is 31.2 Å². The molecule has 2 heterocycles. The van der Waals surface area contributed by atoms with E-state index >= 15 is 0 Å². The summed E-state index contributed by atoms with van der Waals surface area (Å²) < 4.78 is 0. The number of nitrogens with one attached hydrogen (secondary N) is 1. The van der Waals surface area contributed by atoms with E-state index in [-0.39, 0.29) is 5.41 Å². The largest absolute Gasteiger partial charge is 0.339 e. The zero-order valence-corrected chi connectivity index (χ0v) is 12.0. The topological polar surface area (TPSA) is 32.3 Å². The third-order valence-corrected chi connectivity index (χ3v) is 5.68. The number of carbonyl (C=O) groups is 1. The Labute approximate surface area is 120 Å². The second-order valence-electron chi connectivity index (χ2n) is 6.73. The lowest BCUT2D eigenvalue weighted by Gasteiger charge is -2.29. The molecule has 3 atom stereocenters. The first-order chi connectivity index (χ1) is 9.72. The summed E-state index contributed by atoms with van der Waals surface area (Å²) >= 11 is 0. The van der Waals surface area contributed by atoms with Crippen LogP contribution >= 0.6 is 0 Å². The highest BCUT2D eigenvalue weighted by atomic mass is 16.2. The van der Waals surface area contributed by atoms with Crippen molar-refractivity contribution in [3.63, 3.8) is 0 Å². The minimum absolute atomic E-state index is 0.193. The van der Waals surface area contributed by atoms with E-state index in [2.05, 4.69) is 41.4 Å². The van der Waals surface area contributed by atoms with Crippen LogP contribution in [0.3, 0.4) is 0 Å². The normalized spacial score (nSPS) is 34.0. The van der Waals surface area contributed by atoms with Gasteiger partial charge >= 0.3 is 0 Å². The minimum atomic E-state index is -0.193. The lowest BCUT2D eigenvalue weighted by molar-refractivity contribution is -0.135. The lowest BCUT2D eigenvalue weighted by atomic mass is 9.93. The van der Waals surface area contributed by atoms with Crippen molar-refractivity contribution in [1.29, 1.82) is 0 Å². The summed E-state index contributed by atoms with van der Waals surface area (Å²) in [7, 11) is 0. The van der Waals surface area contributed by atoms with Gasteiger partial charge in [-0.25, -0.2) is 0 Å². The molecule has 0 aromatic heterocycles. The first-order valence-electron chi connectivity index (χ1n) is 7.80. The number of rotatable bonds is 2. The van der Waals surface area contributed by atoms with Crippen LogP contribution in [0, 0.1) is 11.8 Å². The van der Waals surface area contributed by atoms with Crippen molar-refractivity contribution in [3.05, 3.63) is 35.9 Å². The molecule has 1 aromatic carbocycles. The molecule has 1 saturated carbocycles. The van der Waals surface area contributed by atoms with Crippen molar-refractivity contribution in [1.82, 2.24) is 10.2 Å². The van der Waals surface area contributed by atoms with Crippen molar-refractivity contribution in [2.75, 3.05) is 19.6 Å². The molecular weight excluding hydrogens is 248 g/mol. The molecule has 3 aliphatic rings. The Balaban J connectivity index is 1.59. The van der Waals surface area contributed by atoms with Gasteiger partial charge in [-0.2, -0.15) is 0 Å². The number of fused-ring (bicyclic) bond motifs is 1. The molecule has 2 aliphatic heterocycles. The van der Waals surface area contributed by atoms with E-state index in [1.54, 1.807) is 0 Å². The quantitative estimate of drug-likeness (QED) is 0.888. The van der Waals surface area contributed by atoms with Gasteiger partial charge in [0, 0.05) is 25.7 Å². The SMILES string of the molecule is CC1C2CNCC2CN1C(=O)C1(c2ccccc2)CC1. The summed E-state index contributed by atoms with van der Waals surface area (Å²) in [5.74, 6) is 1.71. The number of nitrogens with zero attached hydrogens (tertiary/aromatic N) is 1. The Morgan fingerprint density at radius 1 is 1.25 bits per heavy atom. The van der Waals surface area contributed by atoms with E-state index in [0.29, 0.717) is 23.8 Å². The van der Waals surface area contributed by atoms with E-state index in [9.17, 15) is 4.79 Å². The first-order valence-corrected chi connectivity index (χ1v) is 7.80. The Morgan fingerprint density at radius 3 is 2.65 bits per heavy atom. The highest BCUT2D eigenvalue weighted by Crippen LogP contribution is 2.51. The van der Waals surface area contributed by atoms with Gasteiger partial charge < -0.3 is 10.2 Å². The van der Waals surface area contributed by atoms with Crippen LogP contribution in [0.15, 0.2) is 30.3 Å². The summed E-state index contributed by atoms with van der Waals surface area (Å²) in [5.41, 5.74) is 1.02. The number of hydrogen-bond donors (Lipinski definition) is 1. The molecular formula is C17H22N2O. The number of benzene rings is 1. The maximum Gasteiger partial charge on any atom is 0.233 e. The monoisotopic (exact) mass is 270 g/mol. The molecule has 1 N–H and O–H groups in total. The number of amides is 1. The van der Waals surface area contributed by atoms with Gasteiger partial charge in [0.2, 0.25) is 5.91 Å². The number of likely N-dealkylation sites (tertiary alicyclic amines) is 1. The molecule has 106 valence electrons. The number of carbonyl (C=O) groups excluding carboxylic acids is 1. The van der Waals surface area contributed by atoms with E-state index in [0.717, 1.165) is 32.5 Å². The molecule has 1 amide bonds. The van der Waals surface area contributed by atoms with Gasteiger partial charge in [-0.1, -0.05) is 30.3 Å². The lowest BCUT2D eigenvalue weighted by Crippen LogP contribution is -2.43. The average Bonchev–Trinajstić information content (AvgIpc) is 3.06. The molecule has 4 rings (SSSR count). The van der Waals surface area contributed by atoms with Crippen LogP contribution < -0.4 is 5.32 Å². The highest BCUT2D eigenvalue weighted by molar-refractivity contribution is 5.91. The molecule has 2 saturated heterocycles. The summed E-state index contributed by atoms with van der Waals surface area (Å²) in [5, 5.41) is 3.46. The Bertz CT molecular complexity index is 523. The van der Waals surface area contributed by atoms with E-state index < -0.39 is 0 Å². The van der Waals surface area contributed by atoms with E-state index in [1.807, 2.05) is 6.07 Å². The summed E-state index contributed by atoms with van der Waals surface area (Å²) in [6.07, 6.45) is 2.04. The fraction of sp³-hybridized carbons (Fsp3) is 0.588. The van der Waals surface area contributed by atoms with Crippen LogP contribution in [0.1, 0.15) is 25.3 Å². The molecule has 20 heavy (non-hydrogen) atoms. The molecule has 3 heteroatoms. The smallest absolute Gasteiger partial charge is 0.233 e. The number of hydrogen-bond acceptors (Lipinski definition) is 2. The van der Waals surface area contributed by atoms with Crippen LogP contribution in [0.5, 0.6) is 0 Å². The van der Waals surface area contributed by atoms with Crippen LogP contribution in [-0.4, -0.2) is 36.5 Å². The molecule has 0 bridgehead atoms. The van der Waals surface area contributed by atoms with E-state index in [4.69, 9.17) is 0 Å². The predicted molar refractivity (Wildman–Crippen MR) is 78.4 cm³/mol. The van der Waals surface area contributed by atoms with Gasteiger partial charge in [-0.15, -0.1) is 0 Å². The van der Waals surface area contributed by atoms with Gasteiger partial charge in [-0.05, 0) is 37.2 Å². The predicted octanol–water partition coefficient (Wildman–Crippen LogP) is 1.78. The zero-order valence-electron chi connectivity index (χ0n) is 12.0. The van der Waals surface area contributed by atoms with Gasteiger partial charge in [0.15, 0.2) is 0 Å². The van der Waals surface area contributed by atoms with Gasteiger partial charge in [0.05, 0.1) is 5.41 Å². The van der Waals surface area contributed by atoms with Gasteiger partial charge in [-0.3, -0.25) is 4.79 Å². The summed E-state index contributed by atoms with van der Waals surface area (Å²) in [4.78, 5) is 15.3. The molecule has 1 aliphatic carbocycles. The Hall–Kier alpha value is -1.35. The molecule has 0 radical (unpaired) electrons. The van der Waals surface area contributed by atoms with Crippen molar-refractivity contribution in [2.24, 2.45) is 11.8 Å². The standard InChI is InChI=1S/C17H22N2O/c1-12-15-10-18-9-13(15)11-19(12)16(20)17(7-8-17)14-5-3-2-4-6-14/h2-6,12-13,15,18H,7-11H2,1H3. The Kier molecular flexibility index (Phi) is 2.68. The maximum absolute atomic E-state index is 13.1. The molecule has 1 aromatic rings. The first kappa shape index (κ1) is 12.4. The van der Waals surface area contributed by atoms with Crippen molar-refractivity contribution < 1.29 is 4.79 Å². The summed E-state index contributed by atoms with van der Waals surface area (Å²) in [6, 6.07) is 10.8. The van der Waals surface area contributed by atoms with Crippen LogP contribution in [0.4, 0.5) is 0 Å². The molecule has 3 fully saturated rings. The molecule has 3 nitrogen and oxygen atoms in total. The third kappa shape index (κ3) is 1.65. The fourth-order valence-corrected chi connectivity index (χ4v) is 4.22. The summed E-state index contributed by atoms with van der Waals surface area (Å²) in [6.45, 7) is 5.34. The second kappa shape index (κ2) is 4.32. The van der Waals surface area contributed by atoms with Crippen LogP contribution in [-0.2, 0) is 10.2 Å². The van der Waals surface area contributed by atoms with E-state index in [1.165, 1.54) is 5.56 Å². The molecule has 0 spiro atoms. The van der Waals surface area contributed by atoms with Crippen LogP contribution in [0.2, 0.25) is 0 Å².